The van der Waals surface area contributed by atoms with E-state index in [9.17, 15) is 4.79 Å². The van der Waals surface area contributed by atoms with Crippen LogP contribution in [0.3, 0.4) is 0 Å². The third kappa shape index (κ3) is 3.17. The van der Waals surface area contributed by atoms with Crippen molar-refractivity contribution in [1.82, 2.24) is 5.32 Å². The molecule has 0 spiro atoms. The standard InChI is InChI=1S/C14H23N3O2S/c1-4-7-16-13(18)12-10(15)11(19-3)14(20-12)17-8(2)9-5-6-9/h8-9,17H,4-7,15H2,1-3H3,(H,16,18). The quantitative estimate of drug-likeness (QED) is 0.723. The molecule has 0 aromatic carbocycles. The van der Waals surface area contributed by atoms with Crippen molar-refractivity contribution in [2.45, 2.75) is 39.2 Å². The van der Waals surface area contributed by atoms with E-state index in [0.717, 1.165) is 17.3 Å². The number of ether oxygens (including phenoxy) is 1. The molecule has 5 nitrogen and oxygen atoms in total. The van der Waals surface area contributed by atoms with Crippen LogP contribution in [0.25, 0.3) is 0 Å². The average molecular weight is 297 g/mol. The molecule has 1 saturated carbocycles. The van der Waals surface area contributed by atoms with Gasteiger partial charge in [0.25, 0.3) is 5.91 Å². The highest BCUT2D eigenvalue weighted by atomic mass is 32.1. The summed E-state index contributed by atoms with van der Waals surface area (Å²) in [5.41, 5.74) is 6.47. The monoisotopic (exact) mass is 297 g/mol. The average Bonchev–Trinajstić information content (AvgIpc) is 3.22. The Balaban J connectivity index is 2.16. The second-order valence-electron chi connectivity index (χ2n) is 5.23. The number of thiophene rings is 1. The fourth-order valence-electron chi connectivity index (χ4n) is 2.13. The summed E-state index contributed by atoms with van der Waals surface area (Å²) in [6.07, 6.45) is 3.43. The van der Waals surface area contributed by atoms with Crippen LogP contribution in [0.1, 0.15) is 42.8 Å². The predicted octanol–water partition coefficient (Wildman–Crippen LogP) is 2.69. The SMILES string of the molecule is CCCNC(=O)c1sc(NC(C)C2CC2)c(OC)c1N. The minimum Gasteiger partial charge on any atom is -0.492 e. The molecule has 1 unspecified atom stereocenters. The van der Waals surface area contributed by atoms with Crippen molar-refractivity contribution in [2.24, 2.45) is 5.92 Å². The van der Waals surface area contributed by atoms with Crippen molar-refractivity contribution < 1.29 is 9.53 Å². The van der Waals surface area contributed by atoms with E-state index in [0.29, 0.717) is 28.9 Å². The van der Waals surface area contributed by atoms with Crippen molar-refractivity contribution in [3.8, 4) is 5.75 Å². The lowest BCUT2D eigenvalue weighted by Crippen LogP contribution is -2.23. The highest BCUT2D eigenvalue weighted by Gasteiger charge is 2.30. The van der Waals surface area contributed by atoms with E-state index in [1.807, 2.05) is 6.92 Å². The molecule has 2 rings (SSSR count). The highest BCUT2D eigenvalue weighted by molar-refractivity contribution is 7.19. The molecular weight excluding hydrogens is 274 g/mol. The lowest BCUT2D eigenvalue weighted by molar-refractivity contribution is 0.0958. The highest BCUT2D eigenvalue weighted by Crippen LogP contribution is 2.44. The van der Waals surface area contributed by atoms with Gasteiger partial charge in [-0.15, -0.1) is 11.3 Å². The fraction of sp³-hybridized carbons (Fsp3) is 0.643. The summed E-state index contributed by atoms with van der Waals surface area (Å²) in [5, 5.41) is 7.13. The van der Waals surface area contributed by atoms with Crippen molar-refractivity contribution in [2.75, 3.05) is 24.7 Å². The molecule has 1 aliphatic rings. The van der Waals surface area contributed by atoms with Gasteiger partial charge in [-0.05, 0) is 32.1 Å². The number of anilines is 2. The molecule has 1 aromatic rings. The molecule has 0 aliphatic heterocycles. The van der Waals surface area contributed by atoms with Gasteiger partial charge in [0.05, 0.1) is 7.11 Å². The van der Waals surface area contributed by atoms with Crippen LogP contribution in [0, 0.1) is 5.92 Å². The van der Waals surface area contributed by atoms with Crippen molar-refractivity contribution >= 4 is 27.9 Å². The summed E-state index contributed by atoms with van der Waals surface area (Å²) in [5.74, 6) is 1.18. The minimum atomic E-state index is -0.125. The van der Waals surface area contributed by atoms with E-state index >= 15 is 0 Å². The molecule has 0 saturated heterocycles. The molecule has 1 atom stereocenters. The molecule has 1 heterocycles. The molecule has 20 heavy (non-hydrogen) atoms. The van der Waals surface area contributed by atoms with Crippen LogP contribution >= 0.6 is 11.3 Å². The van der Waals surface area contributed by atoms with Gasteiger partial charge in [-0.3, -0.25) is 4.79 Å². The van der Waals surface area contributed by atoms with Gasteiger partial charge in [-0.2, -0.15) is 0 Å². The Morgan fingerprint density at radius 3 is 2.80 bits per heavy atom. The number of nitrogens with two attached hydrogens (primary N) is 1. The molecule has 4 N–H and O–H groups in total. The van der Waals surface area contributed by atoms with Gasteiger partial charge in [0, 0.05) is 12.6 Å². The number of rotatable bonds is 7. The number of hydrogen-bond acceptors (Lipinski definition) is 5. The molecule has 1 aromatic heterocycles. The fourth-order valence-corrected chi connectivity index (χ4v) is 3.24. The van der Waals surface area contributed by atoms with Crippen LogP contribution in [0.4, 0.5) is 10.7 Å². The Hall–Kier alpha value is -1.43. The van der Waals surface area contributed by atoms with Gasteiger partial charge in [-0.1, -0.05) is 6.92 Å². The van der Waals surface area contributed by atoms with Gasteiger partial charge in [0.15, 0.2) is 5.75 Å². The van der Waals surface area contributed by atoms with Crippen molar-refractivity contribution in [3.63, 3.8) is 0 Å². The third-order valence-electron chi connectivity index (χ3n) is 3.53. The summed E-state index contributed by atoms with van der Waals surface area (Å²) in [6.45, 7) is 4.83. The van der Waals surface area contributed by atoms with Crippen LogP contribution in [-0.2, 0) is 0 Å². The van der Waals surface area contributed by atoms with E-state index in [-0.39, 0.29) is 5.91 Å². The second kappa shape index (κ2) is 6.35. The van der Waals surface area contributed by atoms with E-state index in [1.54, 1.807) is 7.11 Å². The molecule has 6 heteroatoms. The number of hydrogen-bond donors (Lipinski definition) is 3. The molecule has 112 valence electrons. The number of carbonyl (C=O) groups is 1. The Morgan fingerprint density at radius 2 is 2.25 bits per heavy atom. The lowest BCUT2D eigenvalue weighted by Gasteiger charge is -2.13. The summed E-state index contributed by atoms with van der Waals surface area (Å²) < 4.78 is 5.36. The zero-order valence-electron chi connectivity index (χ0n) is 12.3. The number of nitrogens with one attached hydrogen (secondary N) is 2. The van der Waals surface area contributed by atoms with E-state index in [1.165, 1.54) is 24.2 Å². The van der Waals surface area contributed by atoms with Gasteiger partial charge in [0.1, 0.15) is 15.6 Å². The normalized spacial score (nSPS) is 15.8. The predicted molar refractivity (Wildman–Crippen MR) is 83.7 cm³/mol. The second-order valence-corrected chi connectivity index (χ2v) is 6.25. The minimum absolute atomic E-state index is 0.125. The number of methoxy groups -OCH3 is 1. The lowest BCUT2D eigenvalue weighted by atomic mass is 10.2. The largest absolute Gasteiger partial charge is 0.492 e. The maximum absolute atomic E-state index is 12.1. The molecule has 1 aliphatic carbocycles. The van der Waals surface area contributed by atoms with Crippen LogP contribution < -0.4 is 21.1 Å². The maximum atomic E-state index is 12.1. The van der Waals surface area contributed by atoms with Gasteiger partial charge in [0.2, 0.25) is 0 Å². The smallest absolute Gasteiger partial charge is 0.263 e. The molecule has 0 bridgehead atoms. The molecule has 1 fully saturated rings. The molecule has 1 amide bonds. The number of amides is 1. The number of carbonyl (C=O) groups excluding carboxylic acids is 1. The van der Waals surface area contributed by atoms with Gasteiger partial charge in [-0.25, -0.2) is 0 Å². The Bertz CT molecular complexity index is 483. The van der Waals surface area contributed by atoms with Crippen LogP contribution in [0.2, 0.25) is 0 Å². The molecular formula is C14H23N3O2S. The Morgan fingerprint density at radius 1 is 1.55 bits per heavy atom. The van der Waals surface area contributed by atoms with Crippen molar-refractivity contribution in [1.29, 1.82) is 0 Å². The van der Waals surface area contributed by atoms with Crippen LogP contribution in [-0.4, -0.2) is 25.6 Å². The van der Waals surface area contributed by atoms with E-state index in [4.69, 9.17) is 10.5 Å². The first-order valence-corrected chi connectivity index (χ1v) is 7.91. The van der Waals surface area contributed by atoms with Gasteiger partial charge >= 0.3 is 0 Å². The Kier molecular flexibility index (Phi) is 4.75. The van der Waals surface area contributed by atoms with Crippen LogP contribution in [0.15, 0.2) is 0 Å². The maximum Gasteiger partial charge on any atom is 0.263 e. The Labute approximate surface area is 123 Å². The summed E-state index contributed by atoms with van der Waals surface area (Å²) in [6, 6.07) is 0.383. The van der Waals surface area contributed by atoms with E-state index < -0.39 is 0 Å². The van der Waals surface area contributed by atoms with Crippen LogP contribution in [0.5, 0.6) is 5.75 Å². The summed E-state index contributed by atoms with van der Waals surface area (Å²) in [7, 11) is 1.58. The zero-order valence-corrected chi connectivity index (χ0v) is 13.1. The summed E-state index contributed by atoms with van der Waals surface area (Å²) >= 11 is 1.37. The first-order valence-electron chi connectivity index (χ1n) is 7.09. The molecule has 0 radical (unpaired) electrons. The van der Waals surface area contributed by atoms with Crippen molar-refractivity contribution in [3.05, 3.63) is 4.88 Å². The topological polar surface area (TPSA) is 76.4 Å². The first-order chi connectivity index (χ1) is 9.58. The summed E-state index contributed by atoms with van der Waals surface area (Å²) in [4.78, 5) is 12.6. The van der Waals surface area contributed by atoms with E-state index in [2.05, 4.69) is 17.6 Å². The third-order valence-corrected chi connectivity index (χ3v) is 4.65. The first kappa shape index (κ1) is 15.0. The number of nitrogen functional groups attached to an aromatic ring is 1. The van der Waals surface area contributed by atoms with Gasteiger partial charge < -0.3 is 21.1 Å². The zero-order chi connectivity index (χ0) is 14.7.